The fourth-order valence-corrected chi connectivity index (χ4v) is 4.70. The number of hydrogen-bond donors (Lipinski definition) is 1. The fraction of sp³-hybridized carbons (Fsp3) is 0.364. The van der Waals surface area contributed by atoms with Crippen LogP contribution in [0.25, 0.3) is 10.2 Å². The van der Waals surface area contributed by atoms with Crippen molar-refractivity contribution in [3.63, 3.8) is 0 Å². The average Bonchev–Trinajstić information content (AvgIpc) is 2.94. The first-order valence-electron chi connectivity index (χ1n) is 5.94. The van der Waals surface area contributed by atoms with Crippen LogP contribution in [0.1, 0.15) is 6.42 Å². The van der Waals surface area contributed by atoms with E-state index in [2.05, 4.69) is 10.3 Å². The van der Waals surface area contributed by atoms with Gasteiger partial charge >= 0.3 is 5.69 Å². The fourth-order valence-electron chi connectivity index (χ4n) is 2.35. The summed E-state index contributed by atoms with van der Waals surface area (Å²) in [5.74, 6) is 0.136. The Morgan fingerprint density at radius 2 is 2.25 bits per heavy atom. The Bertz CT molecular complexity index is 784. The zero-order valence-electron chi connectivity index (χ0n) is 10.3. The third kappa shape index (κ3) is 2.34. The molecule has 1 N–H and O–H groups in total. The van der Waals surface area contributed by atoms with Gasteiger partial charge in [0, 0.05) is 6.04 Å². The van der Waals surface area contributed by atoms with Crippen LogP contribution < -0.4 is 5.32 Å². The molecule has 9 heteroatoms. The molecule has 0 bridgehead atoms. The molecule has 1 aromatic heterocycles. The summed E-state index contributed by atoms with van der Waals surface area (Å²) in [6, 6.07) is 3.09. The molecule has 1 saturated heterocycles. The van der Waals surface area contributed by atoms with Crippen LogP contribution in [0.15, 0.2) is 17.6 Å². The number of sulfone groups is 1. The van der Waals surface area contributed by atoms with Gasteiger partial charge in [0.1, 0.15) is 5.69 Å². The first-order chi connectivity index (χ1) is 9.46. The van der Waals surface area contributed by atoms with Gasteiger partial charge in [0.15, 0.2) is 15.4 Å². The van der Waals surface area contributed by atoms with Crippen molar-refractivity contribution in [1.29, 1.82) is 0 Å². The minimum Gasteiger partial charge on any atom is -0.376 e. The van der Waals surface area contributed by atoms with Gasteiger partial charge in [0.05, 0.1) is 26.6 Å². The van der Waals surface area contributed by atoms with E-state index in [9.17, 15) is 18.5 Å². The molecule has 0 saturated carbocycles. The number of nitrogens with one attached hydrogen (secondary N) is 1. The smallest absolute Gasteiger partial charge is 0.319 e. The number of nitro groups is 1. The maximum absolute atomic E-state index is 11.4. The van der Waals surface area contributed by atoms with Crippen molar-refractivity contribution in [3.8, 4) is 0 Å². The lowest BCUT2D eigenvalue weighted by Crippen LogP contribution is -2.21. The molecule has 106 valence electrons. The Labute approximate surface area is 118 Å². The lowest BCUT2D eigenvalue weighted by Gasteiger charge is -2.12. The molecule has 1 aliphatic rings. The maximum Gasteiger partial charge on any atom is 0.319 e. The second-order valence-electron chi connectivity index (χ2n) is 4.66. The first kappa shape index (κ1) is 13.3. The van der Waals surface area contributed by atoms with Crippen LogP contribution in [-0.2, 0) is 9.84 Å². The Hall–Kier alpha value is -1.74. The summed E-state index contributed by atoms with van der Waals surface area (Å²) in [5.41, 5.74) is 2.14. The highest BCUT2D eigenvalue weighted by Gasteiger charge is 2.30. The van der Waals surface area contributed by atoms with Crippen molar-refractivity contribution in [1.82, 2.24) is 4.98 Å². The standard InChI is InChI=1S/C11H11N3O4S2/c15-14(16)11-8(1-2-9-10(11)12-6-19-9)13-7-3-4-20(17,18)5-7/h1-2,6-7,13H,3-5H2. The molecule has 3 rings (SSSR count). The third-order valence-electron chi connectivity index (χ3n) is 3.25. The predicted molar refractivity (Wildman–Crippen MR) is 77.0 cm³/mol. The second kappa shape index (κ2) is 4.67. The molecule has 7 nitrogen and oxygen atoms in total. The number of aromatic nitrogens is 1. The van der Waals surface area contributed by atoms with Gasteiger partial charge in [-0.05, 0) is 18.6 Å². The van der Waals surface area contributed by atoms with E-state index in [1.807, 2.05) is 0 Å². The van der Waals surface area contributed by atoms with Crippen LogP contribution in [0, 0.1) is 10.1 Å². The van der Waals surface area contributed by atoms with Crippen molar-refractivity contribution in [3.05, 3.63) is 27.8 Å². The Balaban J connectivity index is 1.99. The second-order valence-corrected chi connectivity index (χ2v) is 7.78. The monoisotopic (exact) mass is 313 g/mol. The molecule has 2 aromatic rings. The number of anilines is 1. The van der Waals surface area contributed by atoms with E-state index in [4.69, 9.17) is 0 Å². The predicted octanol–water partition coefficient (Wildman–Crippen LogP) is 1.80. The van der Waals surface area contributed by atoms with Gasteiger partial charge in [-0.25, -0.2) is 13.4 Å². The Morgan fingerprint density at radius 3 is 2.90 bits per heavy atom. The van der Waals surface area contributed by atoms with E-state index in [1.54, 1.807) is 17.6 Å². The molecule has 1 fully saturated rings. The number of nitro benzene ring substituents is 1. The molecule has 0 radical (unpaired) electrons. The van der Waals surface area contributed by atoms with Crippen LogP contribution in [0.5, 0.6) is 0 Å². The summed E-state index contributed by atoms with van der Waals surface area (Å²) < 4.78 is 23.6. The van der Waals surface area contributed by atoms with E-state index in [0.29, 0.717) is 17.6 Å². The summed E-state index contributed by atoms with van der Waals surface area (Å²) in [6.45, 7) is 0. The highest BCUT2D eigenvalue weighted by Crippen LogP contribution is 2.35. The molecule has 1 unspecified atom stereocenters. The normalized spacial score (nSPS) is 21.1. The number of fused-ring (bicyclic) bond motifs is 1. The molecular weight excluding hydrogens is 302 g/mol. The lowest BCUT2D eigenvalue weighted by atomic mass is 10.2. The molecule has 1 aromatic carbocycles. The summed E-state index contributed by atoms with van der Waals surface area (Å²) in [4.78, 5) is 14.8. The van der Waals surface area contributed by atoms with Gasteiger partial charge in [-0.2, -0.15) is 0 Å². The van der Waals surface area contributed by atoms with E-state index >= 15 is 0 Å². The van der Waals surface area contributed by atoms with E-state index in [-0.39, 0.29) is 23.2 Å². The minimum absolute atomic E-state index is 0.0132. The highest BCUT2D eigenvalue weighted by atomic mass is 32.2. The van der Waals surface area contributed by atoms with E-state index in [1.165, 1.54) is 11.3 Å². The van der Waals surface area contributed by atoms with Crippen LogP contribution in [-0.4, -0.2) is 35.9 Å². The van der Waals surface area contributed by atoms with Crippen molar-refractivity contribution >= 4 is 42.8 Å². The number of hydrogen-bond acceptors (Lipinski definition) is 7. The van der Waals surface area contributed by atoms with Gasteiger partial charge in [0.25, 0.3) is 0 Å². The average molecular weight is 313 g/mol. The summed E-state index contributed by atoms with van der Waals surface area (Å²) in [6.07, 6.45) is 0.467. The summed E-state index contributed by atoms with van der Waals surface area (Å²) >= 11 is 1.33. The zero-order chi connectivity index (χ0) is 14.3. The molecule has 0 spiro atoms. The number of benzene rings is 1. The molecule has 20 heavy (non-hydrogen) atoms. The van der Waals surface area contributed by atoms with Crippen LogP contribution in [0.2, 0.25) is 0 Å². The number of nitrogens with zero attached hydrogens (tertiary/aromatic N) is 2. The topological polar surface area (TPSA) is 102 Å². The number of rotatable bonds is 3. The molecule has 0 aliphatic carbocycles. The van der Waals surface area contributed by atoms with E-state index < -0.39 is 14.8 Å². The van der Waals surface area contributed by atoms with Gasteiger partial charge in [0.2, 0.25) is 0 Å². The van der Waals surface area contributed by atoms with Gasteiger partial charge in [-0.1, -0.05) is 0 Å². The Morgan fingerprint density at radius 1 is 1.45 bits per heavy atom. The first-order valence-corrected chi connectivity index (χ1v) is 8.64. The summed E-state index contributed by atoms with van der Waals surface area (Å²) in [7, 11) is -3.03. The van der Waals surface area contributed by atoms with Crippen LogP contribution in [0.4, 0.5) is 11.4 Å². The molecule has 1 aliphatic heterocycles. The van der Waals surface area contributed by atoms with Gasteiger partial charge in [-0.15, -0.1) is 11.3 Å². The maximum atomic E-state index is 11.4. The van der Waals surface area contributed by atoms with Crippen LogP contribution in [0.3, 0.4) is 0 Å². The molecule has 1 atom stereocenters. The Kier molecular flexibility index (Phi) is 3.09. The van der Waals surface area contributed by atoms with E-state index in [0.717, 1.165) is 4.70 Å². The molecule has 2 heterocycles. The van der Waals surface area contributed by atoms with Gasteiger partial charge in [-0.3, -0.25) is 10.1 Å². The molecule has 0 amide bonds. The van der Waals surface area contributed by atoms with Crippen LogP contribution >= 0.6 is 11.3 Å². The molecular formula is C11H11N3O4S2. The van der Waals surface area contributed by atoms with Crippen molar-refractivity contribution in [2.45, 2.75) is 12.5 Å². The lowest BCUT2D eigenvalue weighted by molar-refractivity contribution is -0.382. The van der Waals surface area contributed by atoms with Crippen molar-refractivity contribution < 1.29 is 13.3 Å². The number of thiazole rings is 1. The minimum atomic E-state index is -3.03. The van der Waals surface area contributed by atoms with Crippen molar-refractivity contribution in [2.75, 3.05) is 16.8 Å². The van der Waals surface area contributed by atoms with Gasteiger partial charge < -0.3 is 5.32 Å². The highest BCUT2D eigenvalue weighted by molar-refractivity contribution is 7.91. The largest absolute Gasteiger partial charge is 0.376 e. The zero-order valence-corrected chi connectivity index (χ0v) is 11.9. The summed E-state index contributed by atoms with van der Waals surface area (Å²) in [5, 5.41) is 14.2. The quantitative estimate of drug-likeness (QED) is 0.684. The SMILES string of the molecule is O=[N+]([O-])c1c(NC2CCS(=O)(=O)C2)ccc2scnc12. The van der Waals surface area contributed by atoms with Crippen molar-refractivity contribution in [2.24, 2.45) is 0 Å². The third-order valence-corrected chi connectivity index (χ3v) is 5.81.